The first-order chi connectivity index (χ1) is 7.65. The second kappa shape index (κ2) is 4.60. The predicted molar refractivity (Wildman–Crippen MR) is 68.0 cm³/mol. The van der Waals surface area contributed by atoms with Gasteiger partial charge in [0.15, 0.2) is 0 Å². The number of nitrogens with zero attached hydrogens (tertiary/aromatic N) is 1. The van der Waals surface area contributed by atoms with E-state index in [1.165, 1.54) is 37.8 Å². The Bertz CT molecular complexity index is 572. The van der Waals surface area contributed by atoms with Gasteiger partial charge in [-0.15, -0.1) is 16.9 Å². The van der Waals surface area contributed by atoms with Gasteiger partial charge in [0.25, 0.3) is 0 Å². The summed E-state index contributed by atoms with van der Waals surface area (Å²) in [4.78, 5) is 6.11. The fraction of sp³-hybridized carbons (Fsp3) is 0.357. The van der Waals surface area contributed by atoms with Crippen molar-refractivity contribution in [1.82, 2.24) is 4.98 Å². The van der Waals surface area contributed by atoms with Crippen molar-refractivity contribution in [1.29, 1.82) is 0 Å². The Morgan fingerprint density at radius 2 is 2.00 bits per heavy atom. The van der Waals surface area contributed by atoms with E-state index < -0.39 is 0 Å². The van der Waals surface area contributed by atoms with Crippen molar-refractivity contribution in [2.45, 2.75) is 33.6 Å². The van der Waals surface area contributed by atoms with Gasteiger partial charge >= 0.3 is 0 Å². The van der Waals surface area contributed by atoms with Crippen molar-refractivity contribution in [2.24, 2.45) is 0 Å². The molecule has 0 amide bonds. The molecular weight excluding hydrogens is 265 g/mol. The zero-order valence-electron chi connectivity index (χ0n) is 10.3. The first-order valence-electron chi connectivity index (χ1n) is 5.64. The summed E-state index contributed by atoms with van der Waals surface area (Å²) in [5.41, 5.74) is 6.46. The van der Waals surface area contributed by atoms with Crippen LogP contribution in [0.3, 0.4) is 0 Å². The molecular formula is C14H14NSV-. The smallest absolute Gasteiger partial charge is 0.0891 e. The molecule has 1 aliphatic carbocycles. The first-order valence-corrected chi connectivity index (χ1v) is 6.46. The molecule has 1 aromatic carbocycles. The number of aromatic nitrogens is 1. The molecule has 0 spiro atoms. The molecule has 0 aliphatic heterocycles. The number of hydrogen-bond acceptors (Lipinski definition) is 2. The Hall–Kier alpha value is -0.566. The maximum absolute atomic E-state index is 4.66. The van der Waals surface area contributed by atoms with Gasteiger partial charge in [-0.2, -0.15) is 28.8 Å². The third-order valence-corrected chi connectivity index (χ3v) is 4.31. The topological polar surface area (TPSA) is 12.9 Å². The largest absolute Gasteiger partial charge is 0.255 e. The van der Waals surface area contributed by atoms with Crippen LogP contribution in [0.2, 0.25) is 0 Å². The molecule has 1 aromatic heterocycles. The average molecular weight is 279 g/mol. The van der Waals surface area contributed by atoms with Crippen LogP contribution in [0.15, 0.2) is 6.07 Å². The van der Waals surface area contributed by atoms with Crippen LogP contribution in [0.4, 0.5) is 0 Å². The number of benzene rings is 1. The van der Waals surface area contributed by atoms with Crippen molar-refractivity contribution < 1.29 is 18.6 Å². The minimum atomic E-state index is 0. The van der Waals surface area contributed by atoms with E-state index in [1.54, 1.807) is 0 Å². The van der Waals surface area contributed by atoms with Crippen LogP contribution in [-0.2, 0) is 31.4 Å². The van der Waals surface area contributed by atoms with Crippen LogP contribution in [-0.4, -0.2) is 4.98 Å². The summed E-state index contributed by atoms with van der Waals surface area (Å²) in [7, 11) is 0. The Balaban J connectivity index is 0.00000108. The molecule has 1 radical (unpaired) electrons. The summed E-state index contributed by atoms with van der Waals surface area (Å²) >= 11 is 1.84. The summed E-state index contributed by atoms with van der Waals surface area (Å²) < 4.78 is 0. The van der Waals surface area contributed by atoms with Crippen LogP contribution >= 0.6 is 11.3 Å². The molecule has 3 rings (SSSR count). The van der Waals surface area contributed by atoms with Crippen molar-refractivity contribution in [3.05, 3.63) is 38.7 Å². The number of thiazole rings is 1. The van der Waals surface area contributed by atoms with Crippen LogP contribution in [0.25, 0.3) is 11.3 Å². The van der Waals surface area contributed by atoms with E-state index >= 15 is 0 Å². The van der Waals surface area contributed by atoms with Crippen LogP contribution in [0.1, 0.15) is 26.6 Å². The molecule has 0 fully saturated rings. The Morgan fingerprint density at radius 3 is 2.76 bits per heavy atom. The van der Waals surface area contributed by atoms with E-state index in [9.17, 15) is 0 Å². The summed E-state index contributed by atoms with van der Waals surface area (Å²) in [5.74, 6) is 0. The van der Waals surface area contributed by atoms with E-state index in [0.717, 1.165) is 12.8 Å². The van der Waals surface area contributed by atoms with Gasteiger partial charge in [0.1, 0.15) is 0 Å². The molecule has 0 N–H and O–H groups in total. The quantitative estimate of drug-likeness (QED) is 0.671. The third-order valence-electron chi connectivity index (χ3n) is 3.28. The average Bonchev–Trinajstić information content (AvgIpc) is 2.61. The fourth-order valence-corrected chi connectivity index (χ4v) is 3.25. The number of rotatable bonds is 0. The van der Waals surface area contributed by atoms with Crippen LogP contribution in [0.5, 0.6) is 0 Å². The fourth-order valence-electron chi connectivity index (χ4n) is 2.30. The monoisotopic (exact) mass is 279 g/mol. The molecule has 0 saturated carbocycles. The Morgan fingerprint density at radius 1 is 1.24 bits per heavy atom. The molecule has 1 nitrogen and oxygen atoms in total. The molecule has 0 saturated heterocycles. The molecule has 0 unspecified atom stereocenters. The summed E-state index contributed by atoms with van der Waals surface area (Å²) in [6, 6.07) is 5.79. The maximum atomic E-state index is 4.66. The Labute approximate surface area is 118 Å². The van der Waals surface area contributed by atoms with Gasteiger partial charge in [-0.3, -0.25) is 4.98 Å². The van der Waals surface area contributed by atoms with E-state index in [2.05, 4.69) is 37.9 Å². The van der Waals surface area contributed by atoms with Crippen LogP contribution in [0, 0.1) is 26.8 Å². The van der Waals surface area contributed by atoms with E-state index in [0.29, 0.717) is 0 Å². The van der Waals surface area contributed by atoms with Gasteiger partial charge in [-0.25, -0.2) is 0 Å². The predicted octanol–water partition coefficient (Wildman–Crippen LogP) is 3.63. The first kappa shape index (κ1) is 12.9. The maximum Gasteiger partial charge on any atom is 0.0891 e. The molecule has 0 atom stereocenters. The molecule has 2 aromatic rings. The standard InChI is InChI=1S/C14H14NS.V/c1-8-6-11-4-5-13-14(15-10(3)16-13)12(11)7-9(8)2;/h7H,4-5H2,1-3H3;/q-1;. The molecule has 1 heterocycles. The molecule has 3 heteroatoms. The second-order valence-electron chi connectivity index (χ2n) is 4.47. The van der Waals surface area contributed by atoms with Gasteiger partial charge in [-0.05, 0) is 19.8 Å². The SMILES string of the molecule is Cc1nc2c(s1)CCc1[c-]c(C)c(C)cc1-2.[V]. The molecule has 1 aliphatic rings. The van der Waals surface area contributed by atoms with Crippen molar-refractivity contribution in [3.63, 3.8) is 0 Å². The van der Waals surface area contributed by atoms with E-state index in [1.807, 2.05) is 11.3 Å². The van der Waals surface area contributed by atoms with Gasteiger partial charge in [0, 0.05) is 29.1 Å². The van der Waals surface area contributed by atoms with Crippen molar-refractivity contribution in [3.8, 4) is 11.3 Å². The van der Waals surface area contributed by atoms with Crippen molar-refractivity contribution >= 4 is 11.3 Å². The third kappa shape index (κ3) is 2.10. The molecule has 17 heavy (non-hydrogen) atoms. The summed E-state index contributed by atoms with van der Waals surface area (Å²) in [6.07, 6.45) is 2.25. The van der Waals surface area contributed by atoms with Gasteiger partial charge in [0.05, 0.1) is 5.01 Å². The number of fused-ring (bicyclic) bond motifs is 3. The van der Waals surface area contributed by atoms with E-state index in [-0.39, 0.29) is 18.6 Å². The molecule has 87 valence electrons. The second-order valence-corrected chi connectivity index (χ2v) is 5.76. The van der Waals surface area contributed by atoms with Gasteiger partial charge in [0.2, 0.25) is 0 Å². The minimum Gasteiger partial charge on any atom is -0.255 e. The Kier molecular flexibility index (Phi) is 3.49. The summed E-state index contributed by atoms with van der Waals surface area (Å²) in [6.45, 7) is 6.38. The zero-order chi connectivity index (χ0) is 11.3. The minimum absolute atomic E-state index is 0. The van der Waals surface area contributed by atoms with Gasteiger partial charge < -0.3 is 0 Å². The number of aryl methyl sites for hydroxylation is 5. The van der Waals surface area contributed by atoms with Crippen molar-refractivity contribution in [2.75, 3.05) is 0 Å². The van der Waals surface area contributed by atoms with Crippen LogP contribution < -0.4 is 0 Å². The summed E-state index contributed by atoms with van der Waals surface area (Å²) in [5, 5.41) is 1.18. The van der Waals surface area contributed by atoms with Gasteiger partial charge in [-0.1, -0.05) is 13.8 Å². The zero-order valence-corrected chi connectivity index (χ0v) is 12.5. The number of hydrogen-bond donors (Lipinski definition) is 0. The molecule has 0 bridgehead atoms. The normalized spacial score (nSPS) is 12.6. The van der Waals surface area contributed by atoms with E-state index in [4.69, 9.17) is 0 Å².